The summed E-state index contributed by atoms with van der Waals surface area (Å²) in [5.41, 5.74) is 7.48. The number of carbonyl (C=O) groups is 3. The fourth-order valence-electron chi connectivity index (χ4n) is 3.74. The highest BCUT2D eigenvalue weighted by Gasteiger charge is 2.34. The summed E-state index contributed by atoms with van der Waals surface area (Å²) < 4.78 is 11.2. The van der Waals surface area contributed by atoms with Crippen molar-refractivity contribution < 1.29 is 23.9 Å². The number of hydrogen-bond acceptors (Lipinski definition) is 6. The van der Waals surface area contributed by atoms with E-state index in [1.165, 1.54) is 0 Å². The number of carbonyl (C=O) groups excluding carboxylic acids is 3. The van der Waals surface area contributed by atoms with Crippen LogP contribution >= 0.6 is 11.3 Å². The average Bonchev–Trinajstić information content (AvgIpc) is 3.07. The lowest BCUT2D eigenvalue weighted by Crippen LogP contribution is -2.26. The molecule has 1 aliphatic heterocycles. The zero-order valence-corrected chi connectivity index (χ0v) is 18.6. The fraction of sp³-hybridized carbons (Fsp3) is 0.208. The van der Waals surface area contributed by atoms with Gasteiger partial charge in [0.05, 0.1) is 17.6 Å². The Morgan fingerprint density at radius 1 is 1.03 bits per heavy atom. The molecule has 0 unspecified atom stereocenters. The molecular weight excluding hydrogens is 428 g/mol. The zero-order valence-electron chi connectivity index (χ0n) is 17.8. The van der Waals surface area contributed by atoms with Gasteiger partial charge in [-0.1, -0.05) is 36.4 Å². The molecule has 0 atom stereocenters. The Kier molecular flexibility index (Phi) is 5.71. The van der Waals surface area contributed by atoms with Crippen molar-refractivity contribution in [2.24, 2.45) is 5.73 Å². The topological polar surface area (TPSA) is 108 Å². The number of hydrogen-bond donors (Lipinski definition) is 2. The van der Waals surface area contributed by atoms with Crippen LogP contribution in [0, 0.1) is 6.92 Å². The van der Waals surface area contributed by atoms with Gasteiger partial charge in [-0.15, -0.1) is 11.3 Å². The third-order valence-electron chi connectivity index (χ3n) is 5.10. The SMILES string of the molecule is Cc1c(C(=O)OC(C)C)sc(NC(=O)C2c3ccccc3Oc3ccccc32)c1C(N)=O. The van der Waals surface area contributed by atoms with Crippen molar-refractivity contribution >= 4 is 34.1 Å². The Labute approximate surface area is 189 Å². The Hall–Kier alpha value is -3.65. The van der Waals surface area contributed by atoms with E-state index in [2.05, 4.69) is 5.32 Å². The molecule has 1 aliphatic rings. The standard InChI is InChI=1S/C24H22N2O5S/c1-12(2)30-24(29)20-13(3)18(21(25)27)23(32-20)26-22(28)19-14-8-4-6-10-16(14)31-17-11-7-5-9-15(17)19/h4-12,19H,1-3H3,(H2,25,27)(H,26,28). The summed E-state index contributed by atoms with van der Waals surface area (Å²) in [6, 6.07) is 14.6. The quantitative estimate of drug-likeness (QED) is 0.553. The Balaban J connectivity index is 1.74. The summed E-state index contributed by atoms with van der Waals surface area (Å²) in [5, 5.41) is 3.05. The van der Waals surface area contributed by atoms with E-state index >= 15 is 0 Å². The minimum Gasteiger partial charge on any atom is -0.459 e. The molecule has 2 amide bonds. The molecule has 4 rings (SSSR count). The van der Waals surface area contributed by atoms with Crippen molar-refractivity contribution in [2.45, 2.75) is 32.8 Å². The van der Waals surface area contributed by atoms with Crippen molar-refractivity contribution in [3.63, 3.8) is 0 Å². The number of fused-ring (bicyclic) bond motifs is 2. The molecule has 7 nitrogen and oxygen atoms in total. The smallest absolute Gasteiger partial charge is 0.348 e. The predicted octanol–water partition coefficient (Wildman–Crippen LogP) is 4.60. The molecule has 8 heteroatoms. The van der Waals surface area contributed by atoms with Gasteiger partial charge in [0, 0.05) is 11.1 Å². The molecular formula is C24H22N2O5S. The van der Waals surface area contributed by atoms with Crippen LogP contribution in [0.4, 0.5) is 5.00 Å². The number of thiophene rings is 1. The van der Waals surface area contributed by atoms with Gasteiger partial charge in [-0.3, -0.25) is 9.59 Å². The lowest BCUT2D eigenvalue weighted by Gasteiger charge is -2.27. The highest BCUT2D eigenvalue weighted by molar-refractivity contribution is 7.18. The summed E-state index contributed by atoms with van der Waals surface area (Å²) in [6.45, 7) is 5.08. The molecule has 0 bridgehead atoms. The van der Waals surface area contributed by atoms with Crippen LogP contribution in [0.5, 0.6) is 11.5 Å². The normalized spacial score (nSPS) is 12.5. The second-order valence-corrected chi connectivity index (χ2v) is 8.70. The molecule has 1 aromatic heterocycles. The summed E-state index contributed by atoms with van der Waals surface area (Å²) in [7, 11) is 0. The van der Waals surface area contributed by atoms with Gasteiger partial charge in [0.25, 0.3) is 5.91 Å². The number of ether oxygens (including phenoxy) is 2. The molecule has 0 saturated carbocycles. The van der Waals surface area contributed by atoms with Crippen LogP contribution in [0.3, 0.4) is 0 Å². The van der Waals surface area contributed by atoms with Crippen LogP contribution in [0.1, 0.15) is 56.5 Å². The van der Waals surface area contributed by atoms with Crippen LogP contribution in [0.15, 0.2) is 48.5 Å². The lowest BCUT2D eigenvalue weighted by molar-refractivity contribution is -0.116. The summed E-state index contributed by atoms with van der Waals surface area (Å²) in [5.74, 6) is -1.14. The molecule has 0 saturated heterocycles. The average molecular weight is 451 g/mol. The van der Waals surface area contributed by atoms with E-state index in [9.17, 15) is 14.4 Å². The van der Waals surface area contributed by atoms with E-state index in [1.807, 2.05) is 36.4 Å². The molecule has 0 spiro atoms. The molecule has 3 N–H and O–H groups in total. The summed E-state index contributed by atoms with van der Waals surface area (Å²) in [6.07, 6.45) is -0.325. The van der Waals surface area contributed by atoms with Gasteiger partial charge >= 0.3 is 5.97 Å². The van der Waals surface area contributed by atoms with Crippen LogP contribution in [-0.4, -0.2) is 23.9 Å². The largest absolute Gasteiger partial charge is 0.459 e. The van der Waals surface area contributed by atoms with E-state index in [4.69, 9.17) is 15.2 Å². The molecule has 2 heterocycles. The number of esters is 1. The van der Waals surface area contributed by atoms with Crippen LogP contribution in [0.2, 0.25) is 0 Å². The van der Waals surface area contributed by atoms with Crippen LogP contribution in [0.25, 0.3) is 0 Å². The first-order chi connectivity index (χ1) is 15.3. The van der Waals surface area contributed by atoms with Gasteiger partial charge in [0.2, 0.25) is 5.91 Å². The molecule has 0 aliphatic carbocycles. The monoisotopic (exact) mass is 450 g/mol. The van der Waals surface area contributed by atoms with E-state index < -0.39 is 17.8 Å². The third-order valence-corrected chi connectivity index (χ3v) is 6.29. The molecule has 0 fully saturated rings. The Bertz CT molecular complexity index is 1190. The van der Waals surface area contributed by atoms with Gasteiger partial charge in [0.15, 0.2) is 0 Å². The van der Waals surface area contributed by atoms with Gasteiger partial charge in [0.1, 0.15) is 21.4 Å². The Morgan fingerprint density at radius 2 is 1.59 bits per heavy atom. The van der Waals surface area contributed by atoms with Crippen molar-refractivity contribution in [3.05, 3.63) is 75.7 Å². The Morgan fingerprint density at radius 3 is 2.12 bits per heavy atom. The maximum Gasteiger partial charge on any atom is 0.348 e. The maximum atomic E-state index is 13.5. The molecule has 2 aromatic carbocycles. The van der Waals surface area contributed by atoms with Gasteiger partial charge < -0.3 is 20.5 Å². The molecule has 0 radical (unpaired) electrons. The number of rotatable bonds is 5. The van der Waals surface area contributed by atoms with Crippen molar-refractivity contribution in [1.82, 2.24) is 0 Å². The first-order valence-corrected chi connectivity index (χ1v) is 10.9. The second-order valence-electron chi connectivity index (χ2n) is 7.68. The van der Waals surface area contributed by atoms with E-state index in [-0.39, 0.29) is 27.5 Å². The lowest BCUT2D eigenvalue weighted by atomic mass is 9.87. The van der Waals surface area contributed by atoms with E-state index in [0.29, 0.717) is 28.2 Å². The van der Waals surface area contributed by atoms with Crippen molar-refractivity contribution in [3.8, 4) is 11.5 Å². The second kappa shape index (κ2) is 8.47. The number of primary amides is 1. The van der Waals surface area contributed by atoms with E-state index in [0.717, 1.165) is 11.3 Å². The highest BCUT2D eigenvalue weighted by atomic mass is 32.1. The number of nitrogens with one attached hydrogen (secondary N) is 1. The minimum absolute atomic E-state index is 0.104. The number of benzene rings is 2. The number of para-hydroxylation sites is 2. The van der Waals surface area contributed by atoms with Crippen molar-refractivity contribution in [1.29, 1.82) is 0 Å². The van der Waals surface area contributed by atoms with Crippen LogP contribution in [-0.2, 0) is 9.53 Å². The first kappa shape index (κ1) is 21.6. The first-order valence-electron chi connectivity index (χ1n) is 10.1. The van der Waals surface area contributed by atoms with Crippen LogP contribution < -0.4 is 15.8 Å². The number of anilines is 1. The highest BCUT2D eigenvalue weighted by Crippen LogP contribution is 2.45. The maximum absolute atomic E-state index is 13.5. The van der Waals surface area contributed by atoms with Crippen molar-refractivity contribution in [2.75, 3.05) is 5.32 Å². The predicted molar refractivity (Wildman–Crippen MR) is 122 cm³/mol. The van der Waals surface area contributed by atoms with Gasteiger partial charge in [-0.25, -0.2) is 4.79 Å². The summed E-state index contributed by atoms with van der Waals surface area (Å²) in [4.78, 5) is 38.4. The number of amides is 2. The molecule has 3 aromatic rings. The minimum atomic E-state index is -0.731. The van der Waals surface area contributed by atoms with Gasteiger partial charge in [-0.05, 0) is 38.5 Å². The van der Waals surface area contributed by atoms with Gasteiger partial charge in [-0.2, -0.15) is 0 Å². The summed E-state index contributed by atoms with van der Waals surface area (Å²) >= 11 is 0.981. The molecule has 164 valence electrons. The number of nitrogens with two attached hydrogens (primary N) is 1. The third kappa shape index (κ3) is 3.85. The molecule has 32 heavy (non-hydrogen) atoms. The zero-order chi connectivity index (χ0) is 23.0. The fourth-order valence-corrected chi connectivity index (χ4v) is 4.84. The van der Waals surface area contributed by atoms with E-state index in [1.54, 1.807) is 32.9 Å².